The van der Waals surface area contributed by atoms with Crippen molar-refractivity contribution >= 4 is 5.78 Å². The van der Waals surface area contributed by atoms with Crippen molar-refractivity contribution in [2.24, 2.45) is 0 Å². The van der Waals surface area contributed by atoms with Gasteiger partial charge in [-0.15, -0.1) is 0 Å². The van der Waals surface area contributed by atoms with E-state index in [0.717, 1.165) is 38.5 Å². The molecule has 0 bridgehead atoms. The zero-order valence-electron chi connectivity index (χ0n) is 8.48. The van der Waals surface area contributed by atoms with Crippen molar-refractivity contribution < 1.29 is 9.90 Å². The van der Waals surface area contributed by atoms with Crippen molar-refractivity contribution in [2.75, 3.05) is 0 Å². The molecule has 78 valence electrons. The molecule has 0 saturated heterocycles. The minimum Gasteiger partial charge on any atom is -0.389 e. The lowest BCUT2D eigenvalue weighted by Crippen LogP contribution is -2.04. The summed E-state index contributed by atoms with van der Waals surface area (Å²) in [5.74, 6) is 0.284. The summed E-state index contributed by atoms with van der Waals surface area (Å²) < 4.78 is 0. The molecule has 1 N–H and O–H groups in total. The third-order valence-corrected chi connectivity index (χ3v) is 2.33. The third kappa shape index (κ3) is 4.97. The lowest BCUT2D eigenvalue weighted by molar-refractivity contribution is -0.114. The van der Waals surface area contributed by atoms with Gasteiger partial charge in [-0.25, -0.2) is 0 Å². The lowest BCUT2D eigenvalue weighted by atomic mass is 10.1. The summed E-state index contributed by atoms with van der Waals surface area (Å²) in [5.41, 5.74) is 0. The Labute approximate surface area is 85.3 Å². The van der Waals surface area contributed by atoms with Gasteiger partial charge in [-0.3, -0.25) is 4.79 Å². The normalized spacial score (nSPS) is 25.5. The summed E-state index contributed by atoms with van der Waals surface area (Å²) in [7, 11) is 0. The number of carbonyl (C=O) groups excluding carboxylic acids is 1. The molecule has 0 fully saturated rings. The second-order valence-electron chi connectivity index (χ2n) is 3.69. The monoisotopic (exact) mass is 194 g/mol. The van der Waals surface area contributed by atoms with Gasteiger partial charge in [0.2, 0.25) is 0 Å². The molecule has 0 aromatic heterocycles. The van der Waals surface area contributed by atoms with Crippen LogP contribution in [0.1, 0.15) is 38.5 Å². The number of hydrogen-bond donors (Lipinski definition) is 1. The van der Waals surface area contributed by atoms with Gasteiger partial charge < -0.3 is 5.11 Å². The van der Waals surface area contributed by atoms with Gasteiger partial charge in [-0.05, 0) is 38.2 Å². The summed E-state index contributed by atoms with van der Waals surface area (Å²) in [6.45, 7) is 0. The zero-order chi connectivity index (χ0) is 10.2. The molecule has 0 amide bonds. The molecule has 2 aliphatic rings. The molecule has 2 rings (SSSR count). The largest absolute Gasteiger partial charge is 0.389 e. The minimum atomic E-state index is -0.145. The first kappa shape index (κ1) is 11.2. The molecule has 0 aliphatic heterocycles. The Morgan fingerprint density at radius 1 is 1.21 bits per heavy atom. The van der Waals surface area contributed by atoms with Crippen LogP contribution in [0.3, 0.4) is 0 Å². The highest BCUT2D eigenvalue weighted by Gasteiger charge is 2.00. The molecule has 1 atom stereocenters. The molecule has 14 heavy (non-hydrogen) atoms. The number of allylic oxidation sites excluding steroid dienone is 3. The van der Waals surface area contributed by atoms with Gasteiger partial charge in [0, 0.05) is 6.42 Å². The number of aliphatic hydroxyl groups excluding tert-OH is 1. The number of carbonyl (C=O) groups is 1. The first-order valence-electron chi connectivity index (χ1n) is 5.33. The van der Waals surface area contributed by atoms with Crippen LogP contribution < -0.4 is 0 Å². The van der Waals surface area contributed by atoms with E-state index in [2.05, 4.69) is 0 Å². The fraction of sp³-hybridized carbons (Fsp3) is 0.583. The van der Waals surface area contributed by atoms with Gasteiger partial charge in [0.05, 0.1) is 6.10 Å². The van der Waals surface area contributed by atoms with Gasteiger partial charge in [0.25, 0.3) is 0 Å². The molecule has 2 heteroatoms. The molecule has 2 aliphatic carbocycles. The Bertz CT molecular complexity index is 228. The average molecular weight is 194 g/mol. The van der Waals surface area contributed by atoms with Crippen LogP contribution in [0, 0.1) is 0 Å². The van der Waals surface area contributed by atoms with Crippen LogP contribution in [0.4, 0.5) is 0 Å². The first-order chi connectivity index (χ1) is 6.79. The van der Waals surface area contributed by atoms with Crippen molar-refractivity contribution in [1.82, 2.24) is 0 Å². The second-order valence-corrected chi connectivity index (χ2v) is 3.69. The number of hydrogen-bond acceptors (Lipinski definition) is 2. The maximum Gasteiger partial charge on any atom is 0.155 e. The standard InChI is InChI=1S/C6H10O.C6H8O/c2*7-6-4-2-1-3-5-6/h2,4,6-7H,1,3,5H2;2,4H,1,3,5H2. The second kappa shape index (κ2) is 6.55. The summed E-state index contributed by atoms with van der Waals surface area (Å²) in [5, 5.41) is 8.82. The van der Waals surface area contributed by atoms with E-state index in [-0.39, 0.29) is 11.9 Å². The van der Waals surface area contributed by atoms with Crippen LogP contribution in [0.5, 0.6) is 0 Å². The molecule has 0 heterocycles. The molecule has 0 aromatic carbocycles. The molecule has 0 spiro atoms. The van der Waals surface area contributed by atoms with Crippen molar-refractivity contribution in [3.05, 3.63) is 24.3 Å². The van der Waals surface area contributed by atoms with E-state index in [1.807, 2.05) is 18.2 Å². The Morgan fingerprint density at radius 2 is 2.00 bits per heavy atom. The summed E-state index contributed by atoms with van der Waals surface area (Å²) in [4.78, 5) is 10.4. The quantitative estimate of drug-likeness (QED) is 0.601. The van der Waals surface area contributed by atoms with E-state index >= 15 is 0 Å². The third-order valence-electron chi connectivity index (χ3n) is 2.33. The maximum atomic E-state index is 10.4. The van der Waals surface area contributed by atoms with Crippen LogP contribution in [-0.4, -0.2) is 17.0 Å². The van der Waals surface area contributed by atoms with Gasteiger partial charge >= 0.3 is 0 Å². The van der Waals surface area contributed by atoms with Crippen LogP contribution in [0.15, 0.2) is 24.3 Å². The predicted molar refractivity (Wildman–Crippen MR) is 57.0 cm³/mol. The summed E-state index contributed by atoms with van der Waals surface area (Å²) in [6.07, 6.45) is 13.5. The molecular formula is C12H18O2. The van der Waals surface area contributed by atoms with Crippen molar-refractivity contribution in [3.8, 4) is 0 Å². The molecule has 1 unspecified atom stereocenters. The molecule has 0 radical (unpaired) electrons. The van der Waals surface area contributed by atoms with Crippen molar-refractivity contribution in [2.45, 2.75) is 44.6 Å². The Hall–Kier alpha value is -0.890. The molecule has 2 nitrogen and oxygen atoms in total. The smallest absolute Gasteiger partial charge is 0.155 e. The highest BCUT2D eigenvalue weighted by molar-refractivity contribution is 5.90. The Kier molecular flexibility index (Phi) is 5.23. The zero-order valence-corrected chi connectivity index (χ0v) is 8.48. The van der Waals surface area contributed by atoms with Crippen LogP contribution in [-0.2, 0) is 4.79 Å². The van der Waals surface area contributed by atoms with E-state index < -0.39 is 0 Å². The number of rotatable bonds is 0. The average Bonchev–Trinajstić information content (AvgIpc) is 2.21. The van der Waals surface area contributed by atoms with Crippen molar-refractivity contribution in [1.29, 1.82) is 0 Å². The highest BCUT2D eigenvalue weighted by atomic mass is 16.3. The van der Waals surface area contributed by atoms with Gasteiger partial charge in [0.15, 0.2) is 5.78 Å². The fourth-order valence-corrected chi connectivity index (χ4v) is 1.49. The van der Waals surface area contributed by atoms with Gasteiger partial charge in [0.1, 0.15) is 0 Å². The Morgan fingerprint density at radius 3 is 2.29 bits per heavy atom. The maximum absolute atomic E-state index is 10.4. The fourth-order valence-electron chi connectivity index (χ4n) is 1.49. The Balaban J connectivity index is 0.000000140. The van der Waals surface area contributed by atoms with E-state index in [4.69, 9.17) is 5.11 Å². The van der Waals surface area contributed by atoms with E-state index in [1.54, 1.807) is 6.08 Å². The SMILES string of the molecule is O=C1C=CCCC1.OC1C=CCCC1. The van der Waals surface area contributed by atoms with Gasteiger partial charge in [-0.1, -0.05) is 18.2 Å². The van der Waals surface area contributed by atoms with Crippen LogP contribution >= 0.6 is 0 Å². The molecule has 0 aromatic rings. The van der Waals surface area contributed by atoms with Crippen LogP contribution in [0.2, 0.25) is 0 Å². The van der Waals surface area contributed by atoms with E-state index in [0.29, 0.717) is 0 Å². The van der Waals surface area contributed by atoms with Crippen LogP contribution in [0.25, 0.3) is 0 Å². The summed E-state index contributed by atoms with van der Waals surface area (Å²) in [6, 6.07) is 0. The summed E-state index contributed by atoms with van der Waals surface area (Å²) >= 11 is 0. The minimum absolute atomic E-state index is 0.145. The van der Waals surface area contributed by atoms with Crippen molar-refractivity contribution in [3.63, 3.8) is 0 Å². The molecular weight excluding hydrogens is 176 g/mol. The predicted octanol–water partition coefficient (Wildman–Crippen LogP) is 2.38. The number of ketones is 1. The topological polar surface area (TPSA) is 37.3 Å². The van der Waals surface area contributed by atoms with E-state index in [1.165, 1.54) is 0 Å². The van der Waals surface area contributed by atoms with E-state index in [9.17, 15) is 4.79 Å². The first-order valence-corrected chi connectivity index (χ1v) is 5.33. The molecule has 0 saturated carbocycles. The van der Waals surface area contributed by atoms with Gasteiger partial charge in [-0.2, -0.15) is 0 Å². The lowest BCUT2D eigenvalue weighted by Gasteiger charge is -2.07. The highest BCUT2D eigenvalue weighted by Crippen LogP contribution is 2.08. The number of aliphatic hydroxyl groups is 1.